The first kappa shape index (κ1) is 41.4. The number of esters is 1. The lowest BCUT2D eigenvalue weighted by Crippen LogP contribution is -2.71. The monoisotopic (exact) mass is 911 g/mol. The number of β-lactam (4-membered cyclic amide) rings is 1. The molecule has 0 aliphatic carbocycles. The van der Waals surface area contributed by atoms with Crippen LogP contribution in [0.2, 0.25) is 0 Å². The lowest BCUT2D eigenvalue weighted by Gasteiger charge is -2.50. The molecule has 2 N–H and O–H groups in total. The number of hydrogen-bond acceptors (Lipinski definition) is 11. The maximum absolute atomic E-state index is 14.2. The second-order valence-electron chi connectivity index (χ2n) is 14.0. The van der Waals surface area contributed by atoms with Gasteiger partial charge in [0.15, 0.2) is 16.9 Å². The van der Waals surface area contributed by atoms with Crippen LogP contribution in [0.1, 0.15) is 39.6 Å². The summed E-state index contributed by atoms with van der Waals surface area (Å²) < 4.78 is 6.18. The van der Waals surface area contributed by atoms with Gasteiger partial charge in [-0.05, 0) is 33.4 Å². The third-order valence-electron chi connectivity index (χ3n) is 10.4. The van der Waals surface area contributed by atoms with Crippen molar-refractivity contribution < 1.29 is 28.8 Å². The fourth-order valence-corrected chi connectivity index (χ4v) is 10.3. The number of rotatable bonds is 15. The van der Waals surface area contributed by atoms with E-state index < -0.39 is 45.7 Å². The fraction of sp³-hybridized carbons (Fsp3) is 0.149. The van der Waals surface area contributed by atoms with Crippen LogP contribution >= 0.6 is 39.0 Å². The lowest BCUT2D eigenvalue weighted by molar-refractivity contribution is -0.154. The number of carbonyl (C=O) groups is 4. The Labute approximate surface area is 369 Å². The Morgan fingerprint density at radius 2 is 1.34 bits per heavy atom. The normalized spacial score (nSPS) is 16.9. The van der Waals surface area contributed by atoms with Crippen LogP contribution in [0.3, 0.4) is 0 Å². The van der Waals surface area contributed by atoms with Gasteiger partial charge in [-0.15, -0.1) is 23.1 Å². The van der Waals surface area contributed by atoms with Gasteiger partial charge in [-0.25, -0.2) is 9.78 Å². The first-order valence-corrected chi connectivity index (χ1v) is 22.1. The van der Waals surface area contributed by atoms with Crippen LogP contribution in [-0.4, -0.2) is 68.8 Å². The SMILES string of the molecule is CO/N=C(/C(=O)NC1C(=O)N2C(C(=O)OC(c3ccccc3)c3ccccc3)=C(C(Br)C=O)CSC12)c1csc(NC(c2ccccc2)(c2ccccc2)c2ccccc2)n1. The predicted octanol–water partition coefficient (Wildman–Crippen LogP) is 7.85. The number of anilines is 1. The maximum atomic E-state index is 14.2. The summed E-state index contributed by atoms with van der Waals surface area (Å²) in [4.78, 5) is 64.9. The van der Waals surface area contributed by atoms with Crippen LogP contribution in [-0.2, 0) is 34.3 Å². The molecule has 0 radical (unpaired) electrons. The summed E-state index contributed by atoms with van der Waals surface area (Å²) in [6, 6.07) is 47.7. The Balaban J connectivity index is 1.05. The fourth-order valence-electron chi connectivity index (χ4n) is 7.56. The van der Waals surface area contributed by atoms with Crippen molar-refractivity contribution in [3.8, 4) is 0 Å². The number of thiazole rings is 1. The van der Waals surface area contributed by atoms with E-state index in [2.05, 4.69) is 68.1 Å². The summed E-state index contributed by atoms with van der Waals surface area (Å²) in [7, 11) is 1.32. The number of oxime groups is 1. The molecule has 3 heterocycles. The number of halogens is 1. The van der Waals surface area contributed by atoms with Gasteiger partial charge in [-0.2, -0.15) is 0 Å². The Kier molecular flexibility index (Phi) is 12.6. The van der Waals surface area contributed by atoms with E-state index in [-0.39, 0.29) is 22.9 Å². The van der Waals surface area contributed by atoms with Gasteiger partial charge in [0.1, 0.15) is 41.7 Å². The number of hydrogen-bond donors (Lipinski definition) is 2. The molecular formula is C47H38BrN5O6S2. The Hall–Kier alpha value is -6.35. The highest BCUT2D eigenvalue weighted by Crippen LogP contribution is 2.44. The van der Waals surface area contributed by atoms with Crippen molar-refractivity contribution in [1.82, 2.24) is 15.2 Å². The summed E-state index contributed by atoms with van der Waals surface area (Å²) in [5.41, 5.74) is 3.94. The van der Waals surface area contributed by atoms with Crippen molar-refractivity contribution in [3.05, 3.63) is 202 Å². The number of fused-ring (bicyclic) bond motifs is 1. The van der Waals surface area contributed by atoms with E-state index in [1.54, 1.807) is 5.38 Å². The highest BCUT2D eigenvalue weighted by atomic mass is 79.9. The highest BCUT2D eigenvalue weighted by molar-refractivity contribution is 9.10. The van der Waals surface area contributed by atoms with Crippen molar-refractivity contribution in [1.29, 1.82) is 0 Å². The van der Waals surface area contributed by atoms with Gasteiger partial charge < -0.3 is 25.0 Å². The minimum Gasteiger partial charge on any atom is -0.448 e. The maximum Gasteiger partial charge on any atom is 0.356 e. The van der Waals surface area contributed by atoms with Gasteiger partial charge in [0.2, 0.25) is 0 Å². The lowest BCUT2D eigenvalue weighted by atomic mass is 9.77. The summed E-state index contributed by atoms with van der Waals surface area (Å²) in [6.07, 6.45) is -0.135. The van der Waals surface area contributed by atoms with Crippen molar-refractivity contribution in [2.75, 3.05) is 18.2 Å². The largest absolute Gasteiger partial charge is 0.448 e. The number of benzene rings is 5. The molecule has 2 aliphatic rings. The van der Waals surface area contributed by atoms with Gasteiger partial charge in [-0.1, -0.05) is 173 Å². The van der Waals surface area contributed by atoms with Gasteiger partial charge in [0.05, 0.1) is 4.83 Å². The van der Waals surface area contributed by atoms with E-state index in [9.17, 15) is 19.2 Å². The Morgan fingerprint density at radius 1 is 0.836 bits per heavy atom. The molecule has 306 valence electrons. The van der Waals surface area contributed by atoms with E-state index in [0.29, 0.717) is 17.0 Å². The molecule has 1 saturated heterocycles. The summed E-state index contributed by atoms with van der Waals surface area (Å²) in [6.45, 7) is 0. The number of thioether (sulfide) groups is 1. The molecule has 3 unspecified atom stereocenters. The van der Waals surface area contributed by atoms with Crippen LogP contribution in [0.15, 0.2) is 173 Å². The van der Waals surface area contributed by atoms with Crippen LogP contribution in [0.25, 0.3) is 0 Å². The van der Waals surface area contributed by atoms with Crippen molar-refractivity contribution in [2.24, 2.45) is 5.16 Å². The number of nitrogens with zero attached hydrogens (tertiary/aromatic N) is 3. The van der Waals surface area contributed by atoms with Crippen LogP contribution in [0, 0.1) is 0 Å². The number of carbonyl (C=O) groups excluding carboxylic acids is 4. The molecular weight excluding hydrogens is 875 g/mol. The molecule has 14 heteroatoms. The molecule has 3 atom stereocenters. The molecule has 0 spiro atoms. The predicted molar refractivity (Wildman–Crippen MR) is 240 cm³/mol. The van der Waals surface area contributed by atoms with Gasteiger partial charge in [0.25, 0.3) is 11.8 Å². The Morgan fingerprint density at radius 3 is 1.84 bits per heavy atom. The van der Waals surface area contributed by atoms with Crippen molar-refractivity contribution >= 4 is 73.9 Å². The quantitative estimate of drug-likeness (QED) is 0.0201. The molecule has 0 saturated carbocycles. The van der Waals surface area contributed by atoms with E-state index in [0.717, 1.165) is 27.8 Å². The second kappa shape index (κ2) is 18.5. The highest BCUT2D eigenvalue weighted by Gasteiger charge is 2.55. The van der Waals surface area contributed by atoms with Crippen LogP contribution in [0.5, 0.6) is 0 Å². The zero-order valence-electron chi connectivity index (χ0n) is 32.6. The topological polar surface area (TPSA) is 139 Å². The zero-order valence-corrected chi connectivity index (χ0v) is 35.8. The number of nitrogens with one attached hydrogen (secondary N) is 2. The molecule has 1 aromatic heterocycles. The average Bonchev–Trinajstić information content (AvgIpc) is 3.79. The van der Waals surface area contributed by atoms with Crippen LogP contribution in [0.4, 0.5) is 5.13 Å². The first-order valence-electron chi connectivity index (χ1n) is 19.2. The van der Waals surface area contributed by atoms with E-state index in [4.69, 9.17) is 14.6 Å². The smallest absolute Gasteiger partial charge is 0.356 e. The molecule has 1 fully saturated rings. The molecule has 2 aliphatic heterocycles. The minimum atomic E-state index is -1.04. The third-order valence-corrected chi connectivity index (χ3v) is 13.2. The first-order chi connectivity index (χ1) is 29.8. The van der Waals surface area contributed by atoms with E-state index in [1.165, 1.54) is 35.1 Å². The van der Waals surface area contributed by atoms with E-state index >= 15 is 0 Å². The molecule has 61 heavy (non-hydrogen) atoms. The summed E-state index contributed by atoms with van der Waals surface area (Å²) >= 11 is 5.98. The number of amides is 2. The zero-order chi connectivity index (χ0) is 42.3. The standard InChI is InChI=1S/C47H38BrN5O6S2/c1-58-52-38(37-29-61-46(49-37)51-47(32-21-11-4-12-22-32,33-23-13-5-14-24-33)34-25-15-6-16-26-34)42(55)50-39-43(56)53-40(35(36(48)27-54)28-60-44(39)53)45(57)59-41(30-17-7-2-8-18-30)31-19-9-3-10-20-31/h2-27,29,36,39,41,44H,28H2,1H3,(H,49,51)(H,50,55)/b52-38+. The molecule has 2 amide bonds. The Bertz CT molecular complexity index is 2440. The molecule has 0 bridgehead atoms. The number of aromatic nitrogens is 1. The van der Waals surface area contributed by atoms with Crippen LogP contribution < -0.4 is 10.6 Å². The molecule has 8 rings (SSSR count). The van der Waals surface area contributed by atoms with E-state index in [1.807, 2.05) is 115 Å². The van der Waals surface area contributed by atoms with Gasteiger partial charge >= 0.3 is 5.97 Å². The number of ether oxygens (including phenoxy) is 1. The van der Waals surface area contributed by atoms with Gasteiger partial charge in [0, 0.05) is 11.1 Å². The summed E-state index contributed by atoms with van der Waals surface area (Å²) in [5.74, 6) is -1.81. The average molecular weight is 913 g/mol. The van der Waals surface area contributed by atoms with Crippen molar-refractivity contribution in [3.63, 3.8) is 0 Å². The van der Waals surface area contributed by atoms with Crippen molar-refractivity contribution in [2.45, 2.75) is 27.9 Å². The number of aldehydes is 1. The molecule has 5 aromatic carbocycles. The summed E-state index contributed by atoms with van der Waals surface area (Å²) in [5, 5.41) is 12.1. The minimum absolute atomic E-state index is 0.0372. The molecule has 11 nitrogen and oxygen atoms in total. The third kappa shape index (κ3) is 8.26. The molecule has 6 aromatic rings. The van der Waals surface area contributed by atoms with Gasteiger partial charge in [-0.3, -0.25) is 14.5 Å². The second-order valence-corrected chi connectivity index (χ2v) is 17.0. The number of alkyl halides is 1.